The van der Waals surface area contributed by atoms with Crippen molar-refractivity contribution in [2.24, 2.45) is 0 Å². The van der Waals surface area contributed by atoms with E-state index in [1.54, 1.807) is 12.2 Å². The van der Waals surface area contributed by atoms with E-state index in [1.807, 2.05) is 42.5 Å². The second-order valence-electron chi connectivity index (χ2n) is 3.92. The van der Waals surface area contributed by atoms with E-state index in [2.05, 4.69) is 23.1 Å². The lowest BCUT2D eigenvalue weighted by atomic mass is 10.1. The molecule has 3 nitrogen and oxygen atoms in total. The van der Waals surface area contributed by atoms with E-state index in [1.165, 1.54) is 0 Å². The number of hydrogen-bond donors (Lipinski definition) is 1. The molecule has 0 aliphatic heterocycles. The van der Waals surface area contributed by atoms with Crippen molar-refractivity contribution in [3.05, 3.63) is 73.5 Å². The third kappa shape index (κ3) is 2.96. The monoisotopic (exact) mass is 249 g/mol. The number of nitrogen functional groups attached to an aromatic ring is 1. The predicted octanol–water partition coefficient (Wildman–Crippen LogP) is 3.48. The van der Waals surface area contributed by atoms with Crippen molar-refractivity contribution in [3.63, 3.8) is 0 Å². The number of rotatable bonds is 4. The van der Waals surface area contributed by atoms with Gasteiger partial charge in [-0.05, 0) is 11.6 Å². The Morgan fingerprint density at radius 3 is 2.47 bits per heavy atom. The van der Waals surface area contributed by atoms with E-state index in [-0.39, 0.29) is 5.95 Å². The van der Waals surface area contributed by atoms with Gasteiger partial charge in [-0.3, -0.25) is 0 Å². The summed E-state index contributed by atoms with van der Waals surface area (Å²) < 4.78 is 0. The molecule has 0 unspecified atom stereocenters. The van der Waals surface area contributed by atoms with Crippen molar-refractivity contribution in [1.82, 2.24) is 9.97 Å². The predicted molar refractivity (Wildman–Crippen MR) is 80.3 cm³/mol. The quantitative estimate of drug-likeness (QED) is 0.844. The molecule has 0 fully saturated rings. The molecule has 2 aromatic rings. The molecular weight excluding hydrogens is 234 g/mol. The van der Waals surface area contributed by atoms with Crippen LogP contribution in [-0.2, 0) is 0 Å². The van der Waals surface area contributed by atoms with E-state index >= 15 is 0 Å². The Morgan fingerprint density at radius 1 is 1.11 bits per heavy atom. The van der Waals surface area contributed by atoms with Gasteiger partial charge in [0.2, 0.25) is 5.95 Å². The minimum absolute atomic E-state index is 0.244. The maximum atomic E-state index is 5.78. The average Bonchev–Trinajstić information content (AvgIpc) is 2.45. The van der Waals surface area contributed by atoms with E-state index < -0.39 is 0 Å². The fourth-order valence-electron chi connectivity index (χ4n) is 1.76. The Hall–Kier alpha value is -2.68. The fraction of sp³-hybridized carbons (Fsp3) is 0. The van der Waals surface area contributed by atoms with Gasteiger partial charge >= 0.3 is 0 Å². The minimum Gasteiger partial charge on any atom is -0.368 e. The second kappa shape index (κ2) is 5.78. The van der Waals surface area contributed by atoms with Gasteiger partial charge in [-0.1, -0.05) is 61.7 Å². The van der Waals surface area contributed by atoms with Crippen LogP contribution in [0.4, 0.5) is 5.95 Å². The first-order valence-corrected chi connectivity index (χ1v) is 5.90. The number of aromatic nitrogens is 2. The Labute approximate surface area is 112 Å². The zero-order valence-electron chi connectivity index (χ0n) is 10.6. The molecule has 2 rings (SSSR count). The number of hydrogen-bond acceptors (Lipinski definition) is 3. The van der Waals surface area contributed by atoms with E-state index in [4.69, 9.17) is 5.73 Å². The van der Waals surface area contributed by atoms with Crippen LogP contribution in [0.2, 0.25) is 0 Å². The number of benzene rings is 1. The van der Waals surface area contributed by atoms with Gasteiger partial charge in [-0.25, -0.2) is 9.97 Å². The van der Waals surface area contributed by atoms with Crippen molar-refractivity contribution in [3.8, 4) is 11.3 Å². The van der Waals surface area contributed by atoms with E-state index in [0.29, 0.717) is 0 Å². The van der Waals surface area contributed by atoms with Crippen LogP contribution in [0.5, 0.6) is 0 Å². The molecular formula is C16H15N3. The van der Waals surface area contributed by atoms with Crippen LogP contribution in [0.15, 0.2) is 67.8 Å². The summed E-state index contributed by atoms with van der Waals surface area (Å²) in [7, 11) is 0. The van der Waals surface area contributed by atoms with Crippen LogP contribution in [-0.4, -0.2) is 9.97 Å². The molecule has 0 aliphatic rings. The highest BCUT2D eigenvalue weighted by atomic mass is 15.0. The highest BCUT2D eigenvalue weighted by Crippen LogP contribution is 2.22. The summed E-state index contributed by atoms with van der Waals surface area (Å²) in [5.74, 6) is 0.244. The van der Waals surface area contributed by atoms with Crippen LogP contribution < -0.4 is 5.73 Å². The van der Waals surface area contributed by atoms with Gasteiger partial charge in [0.25, 0.3) is 0 Å². The summed E-state index contributed by atoms with van der Waals surface area (Å²) in [5, 5.41) is 0. The molecule has 0 spiro atoms. The summed E-state index contributed by atoms with van der Waals surface area (Å²) in [6.07, 6.45) is 5.25. The second-order valence-corrected chi connectivity index (χ2v) is 3.92. The number of allylic oxidation sites excluding steroid dienone is 4. The highest BCUT2D eigenvalue weighted by molar-refractivity contribution is 5.75. The van der Waals surface area contributed by atoms with Crippen molar-refractivity contribution in [2.45, 2.75) is 0 Å². The standard InChI is InChI=1S/C16H15N3/c1-3-8-12(4-2)14-11-15(19-16(17)18-14)13-9-6-5-7-10-13/h3-11H,1-2H2,(H2,17,18,19)/b12-8+. The van der Waals surface area contributed by atoms with Gasteiger partial charge in [0.15, 0.2) is 0 Å². The summed E-state index contributed by atoms with van der Waals surface area (Å²) in [6.45, 7) is 7.45. The van der Waals surface area contributed by atoms with Gasteiger partial charge in [0.05, 0.1) is 11.4 Å². The van der Waals surface area contributed by atoms with Gasteiger partial charge in [-0.2, -0.15) is 0 Å². The Bertz CT molecular complexity index is 628. The van der Waals surface area contributed by atoms with E-state index in [9.17, 15) is 0 Å². The summed E-state index contributed by atoms with van der Waals surface area (Å²) in [5.41, 5.74) is 9.17. The van der Waals surface area contributed by atoms with Crippen molar-refractivity contribution >= 4 is 11.5 Å². The van der Waals surface area contributed by atoms with Gasteiger partial charge in [0, 0.05) is 5.56 Å². The van der Waals surface area contributed by atoms with Crippen LogP contribution in [0.25, 0.3) is 16.8 Å². The first-order chi connectivity index (χ1) is 9.24. The Morgan fingerprint density at radius 2 is 1.84 bits per heavy atom. The molecule has 1 heterocycles. The van der Waals surface area contributed by atoms with Crippen LogP contribution in [0, 0.1) is 0 Å². The van der Waals surface area contributed by atoms with Crippen LogP contribution in [0.3, 0.4) is 0 Å². The maximum absolute atomic E-state index is 5.78. The van der Waals surface area contributed by atoms with Gasteiger partial charge in [-0.15, -0.1) is 0 Å². The van der Waals surface area contributed by atoms with Crippen molar-refractivity contribution in [1.29, 1.82) is 0 Å². The van der Waals surface area contributed by atoms with Crippen LogP contribution >= 0.6 is 0 Å². The summed E-state index contributed by atoms with van der Waals surface area (Å²) in [4.78, 5) is 8.49. The Balaban J connectivity index is 2.55. The zero-order chi connectivity index (χ0) is 13.7. The molecule has 0 amide bonds. The number of nitrogens with zero attached hydrogens (tertiary/aromatic N) is 2. The van der Waals surface area contributed by atoms with Crippen LogP contribution in [0.1, 0.15) is 5.69 Å². The first kappa shape index (κ1) is 12.8. The SMILES string of the molecule is C=C/C=C(\C=C)c1cc(-c2ccccc2)nc(N)n1. The smallest absolute Gasteiger partial charge is 0.221 e. The van der Waals surface area contributed by atoms with Gasteiger partial charge < -0.3 is 5.73 Å². The average molecular weight is 249 g/mol. The summed E-state index contributed by atoms with van der Waals surface area (Å²) >= 11 is 0. The Kier molecular flexibility index (Phi) is 3.88. The van der Waals surface area contributed by atoms with E-state index in [0.717, 1.165) is 22.5 Å². The first-order valence-electron chi connectivity index (χ1n) is 5.90. The largest absolute Gasteiger partial charge is 0.368 e. The lowest BCUT2D eigenvalue weighted by Gasteiger charge is -2.06. The molecule has 0 bridgehead atoms. The number of nitrogens with two attached hydrogens (primary N) is 1. The number of anilines is 1. The fourth-order valence-corrected chi connectivity index (χ4v) is 1.76. The molecule has 0 saturated carbocycles. The molecule has 1 aromatic heterocycles. The molecule has 3 heteroatoms. The summed E-state index contributed by atoms with van der Waals surface area (Å²) in [6, 6.07) is 11.7. The minimum atomic E-state index is 0.244. The maximum Gasteiger partial charge on any atom is 0.221 e. The third-order valence-corrected chi connectivity index (χ3v) is 2.63. The zero-order valence-corrected chi connectivity index (χ0v) is 10.6. The van der Waals surface area contributed by atoms with Crippen molar-refractivity contribution < 1.29 is 0 Å². The molecule has 0 radical (unpaired) electrons. The molecule has 19 heavy (non-hydrogen) atoms. The molecule has 0 atom stereocenters. The molecule has 94 valence electrons. The van der Waals surface area contributed by atoms with Crippen molar-refractivity contribution in [2.75, 3.05) is 5.73 Å². The lowest BCUT2D eigenvalue weighted by molar-refractivity contribution is 1.17. The normalized spacial score (nSPS) is 11.1. The molecule has 0 aliphatic carbocycles. The molecule has 1 aromatic carbocycles. The molecule has 0 saturated heterocycles. The highest BCUT2D eigenvalue weighted by Gasteiger charge is 2.06. The third-order valence-electron chi connectivity index (χ3n) is 2.63. The molecule has 2 N–H and O–H groups in total. The topological polar surface area (TPSA) is 51.8 Å². The lowest BCUT2D eigenvalue weighted by Crippen LogP contribution is -2.00. The van der Waals surface area contributed by atoms with Gasteiger partial charge in [0.1, 0.15) is 0 Å².